The summed E-state index contributed by atoms with van der Waals surface area (Å²) in [4.78, 5) is 13.2. The van der Waals surface area contributed by atoms with Crippen molar-refractivity contribution in [1.82, 2.24) is 10.2 Å². The van der Waals surface area contributed by atoms with Crippen LogP contribution >= 0.6 is 0 Å². The number of rotatable bonds is 5. The molecule has 0 aromatic rings. The molecule has 1 saturated heterocycles. The molecule has 1 fully saturated rings. The lowest BCUT2D eigenvalue weighted by Crippen LogP contribution is -2.40. The van der Waals surface area contributed by atoms with E-state index in [1.165, 1.54) is 32.4 Å². The molecule has 0 spiro atoms. The van der Waals surface area contributed by atoms with Gasteiger partial charge in [0.2, 0.25) is 5.91 Å². The van der Waals surface area contributed by atoms with Gasteiger partial charge in [-0.05, 0) is 37.8 Å². The van der Waals surface area contributed by atoms with Gasteiger partial charge in [-0.25, -0.2) is 0 Å². The van der Waals surface area contributed by atoms with Crippen LogP contribution in [0.2, 0.25) is 0 Å². The van der Waals surface area contributed by atoms with Crippen molar-refractivity contribution >= 4 is 5.91 Å². The molecule has 1 N–H and O–H groups in total. The summed E-state index contributed by atoms with van der Waals surface area (Å²) in [7, 11) is 0. The number of nitrogens with one attached hydrogen (secondary N) is 1. The van der Waals surface area contributed by atoms with Gasteiger partial charge in [-0.3, -0.25) is 4.79 Å². The van der Waals surface area contributed by atoms with Gasteiger partial charge in [-0.15, -0.1) is 0 Å². The molecule has 0 aromatic carbocycles. The second-order valence-corrected chi connectivity index (χ2v) is 5.05. The van der Waals surface area contributed by atoms with E-state index in [9.17, 15) is 4.79 Å². The molecule has 1 unspecified atom stereocenters. The molecular formula is C15H34N2O. The van der Waals surface area contributed by atoms with Crippen molar-refractivity contribution in [2.45, 2.75) is 53.9 Å². The van der Waals surface area contributed by atoms with Crippen LogP contribution in [0.5, 0.6) is 0 Å². The molecule has 18 heavy (non-hydrogen) atoms. The average molecular weight is 258 g/mol. The number of nitrogens with zero attached hydrogens (tertiary/aromatic N) is 1. The van der Waals surface area contributed by atoms with Crippen LogP contribution in [0.3, 0.4) is 0 Å². The first kappa shape index (κ1) is 17.4. The van der Waals surface area contributed by atoms with Gasteiger partial charge in [-0.1, -0.05) is 34.1 Å². The Morgan fingerprint density at radius 1 is 1.39 bits per heavy atom. The van der Waals surface area contributed by atoms with Crippen LogP contribution in [0, 0.1) is 11.8 Å². The zero-order valence-corrected chi connectivity index (χ0v) is 13.0. The van der Waals surface area contributed by atoms with Crippen LogP contribution in [0.25, 0.3) is 0 Å². The number of hydrogen-bond acceptors (Lipinski definition) is 2. The molecular weight excluding hydrogens is 224 g/mol. The Labute approximate surface area is 115 Å². The zero-order chi connectivity index (χ0) is 14.0. The third-order valence-corrected chi connectivity index (χ3v) is 3.88. The predicted octanol–water partition coefficient (Wildman–Crippen LogP) is 3.15. The van der Waals surface area contributed by atoms with Crippen LogP contribution in [0.4, 0.5) is 0 Å². The molecule has 0 radical (unpaired) electrons. The van der Waals surface area contributed by atoms with E-state index in [-0.39, 0.29) is 7.33 Å². The highest BCUT2D eigenvalue weighted by Crippen LogP contribution is 2.26. The smallest absolute Gasteiger partial charge is 0.216 e. The summed E-state index contributed by atoms with van der Waals surface area (Å²) >= 11 is 0. The maximum Gasteiger partial charge on any atom is 0.216 e. The monoisotopic (exact) mass is 258 g/mol. The molecule has 1 atom stereocenters. The third kappa shape index (κ3) is 7.00. The van der Waals surface area contributed by atoms with E-state index in [0.717, 1.165) is 24.9 Å². The minimum absolute atomic E-state index is 0. The van der Waals surface area contributed by atoms with E-state index >= 15 is 0 Å². The maximum absolute atomic E-state index is 10.7. The van der Waals surface area contributed by atoms with Gasteiger partial charge in [-0.2, -0.15) is 0 Å². The Hall–Kier alpha value is -0.570. The Kier molecular flexibility index (Phi) is 10.0. The lowest BCUT2D eigenvalue weighted by molar-refractivity contribution is -0.119. The highest BCUT2D eigenvalue weighted by molar-refractivity contribution is 5.72. The number of likely N-dealkylation sites (tertiary alicyclic amines) is 1. The number of carbonyl (C=O) groups excluding carboxylic acids is 1. The van der Waals surface area contributed by atoms with E-state index in [0.29, 0.717) is 0 Å². The summed E-state index contributed by atoms with van der Waals surface area (Å²) in [5.74, 6) is 1.87. The lowest BCUT2D eigenvalue weighted by atomic mass is 9.84. The molecule has 110 valence electrons. The number of piperidine rings is 1. The molecule has 1 aliphatic rings. The summed E-state index contributed by atoms with van der Waals surface area (Å²) in [5.41, 5.74) is 0. The summed E-state index contributed by atoms with van der Waals surface area (Å²) in [6.45, 7) is 14.4. The summed E-state index contributed by atoms with van der Waals surface area (Å²) in [6, 6.07) is 0. The molecule has 0 saturated carbocycles. The Balaban J connectivity index is 0. The Bertz CT molecular complexity index is 216. The standard InChI is InChI=1S/C13H26N2O.C2H6.H2/c1-4-11(2)13-5-8-15(9-6-13)10-7-14-12(3)16;1-2;/h11,13H,4-10H2,1-3H3,(H,14,16);1-2H3;1H. The van der Waals surface area contributed by atoms with E-state index in [2.05, 4.69) is 24.1 Å². The van der Waals surface area contributed by atoms with Gasteiger partial charge in [0.25, 0.3) is 0 Å². The largest absolute Gasteiger partial charge is 0.355 e. The van der Waals surface area contributed by atoms with Crippen LogP contribution in [-0.2, 0) is 4.79 Å². The van der Waals surface area contributed by atoms with Gasteiger partial charge in [0, 0.05) is 21.4 Å². The van der Waals surface area contributed by atoms with Crippen LogP contribution in [0.1, 0.15) is 55.3 Å². The molecule has 0 bridgehead atoms. The molecule has 1 heterocycles. The maximum atomic E-state index is 10.7. The quantitative estimate of drug-likeness (QED) is 0.821. The van der Waals surface area contributed by atoms with Gasteiger partial charge in [0.05, 0.1) is 0 Å². The molecule has 1 amide bonds. The van der Waals surface area contributed by atoms with E-state index in [1.807, 2.05) is 13.8 Å². The van der Waals surface area contributed by atoms with Crippen molar-refractivity contribution in [3.63, 3.8) is 0 Å². The van der Waals surface area contributed by atoms with Crippen molar-refractivity contribution < 1.29 is 6.22 Å². The second-order valence-electron chi connectivity index (χ2n) is 5.05. The van der Waals surface area contributed by atoms with Crippen molar-refractivity contribution in [2.75, 3.05) is 26.2 Å². The van der Waals surface area contributed by atoms with Crippen molar-refractivity contribution in [3.8, 4) is 0 Å². The molecule has 0 aliphatic carbocycles. The van der Waals surface area contributed by atoms with Crippen molar-refractivity contribution in [2.24, 2.45) is 11.8 Å². The highest BCUT2D eigenvalue weighted by atomic mass is 16.1. The summed E-state index contributed by atoms with van der Waals surface area (Å²) in [6.07, 6.45) is 3.96. The molecule has 1 rings (SSSR count). The van der Waals surface area contributed by atoms with E-state index < -0.39 is 0 Å². The second kappa shape index (κ2) is 10.4. The lowest BCUT2D eigenvalue weighted by Gasteiger charge is -2.34. The highest BCUT2D eigenvalue weighted by Gasteiger charge is 2.22. The fraction of sp³-hybridized carbons (Fsp3) is 0.933. The minimum atomic E-state index is 0. The fourth-order valence-electron chi connectivity index (χ4n) is 2.47. The Morgan fingerprint density at radius 2 is 1.94 bits per heavy atom. The molecule has 3 heteroatoms. The fourth-order valence-corrected chi connectivity index (χ4v) is 2.47. The van der Waals surface area contributed by atoms with Gasteiger partial charge < -0.3 is 10.2 Å². The molecule has 3 nitrogen and oxygen atoms in total. The Morgan fingerprint density at radius 3 is 2.39 bits per heavy atom. The van der Waals surface area contributed by atoms with Crippen molar-refractivity contribution in [1.29, 1.82) is 0 Å². The van der Waals surface area contributed by atoms with Crippen LogP contribution < -0.4 is 5.32 Å². The summed E-state index contributed by atoms with van der Waals surface area (Å²) in [5, 5.41) is 2.86. The van der Waals surface area contributed by atoms with Gasteiger partial charge in [0.1, 0.15) is 0 Å². The first-order valence-electron chi connectivity index (χ1n) is 7.60. The third-order valence-electron chi connectivity index (χ3n) is 3.88. The molecule has 1 aliphatic heterocycles. The van der Waals surface area contributed by atoms with Gasteiger partial charge >= 0.3 is 0 Å². The average Bonchev–Trinajstić information content (AvgIpc) is 2.40. The number of amides is 1. The topological polar surface area (TPSA) is 32.3 Å². The normalized spacial score (nSPS) is 18.7. The molecule has 0 aromatic heterocycles. The van der Waals surface area contributed by atoms with E-state index in [1.54, 1.807) is 6.92 Å². The zero-order valence-electron chi connectivity index (χ0n) is 13.0. The first-order valence-corrected chi connectivity index (χ1v) is 7.60. The van der Waals surface area contributed by atoms with Gasteiger partial charge in [0.15, 0.2) is 0 Å². The number of carbonyl (C=O) groups is 1. The van der Waals surface area contributed by atoms with Crippen LogP contribution in [0.15, 0.2) is 0 Å². The predicted molar refractivity (Wildman–Crippen MR) is 80.8 cm³/mol. The summed E-state index contributed by atoms with van der Waals surface area (Å²) < 4.78 is 0. The minimum Gasteiger partial charge on any atom is -0.355 e. The van der Waals surface area contributed by atoms with E-state index in [4.69, 9.17) is 0 Å². The van der Waals surface area contributed by atoms with Crippen molar-refractivity contribution in [3.05, 3.63) is 0 Å². The van der Waals surface area contributed by atoms with Crippen LogP contribution in [-0.4, -0.2) is 37.0 Å². The SMILES string of the molecule is CC.CCC(C)C1CCN(CCNC(C)=O)CC1.[HH]. The first-order chi connectivity index (χ1) is 8.63. The number of hydrogen-bond donors (Lipinski definition) is 1.